The van der Waals surface area contributed by atoms with Crippen LogP contribution in [0.25, 0.3) is 0 Å². The number of rotatable bonds is 2. The lowest BCUT2D eigenvalue weighted by molar-refractivity contribution is 0.417. The fourth-order valence-corrected chi connectivity index (χ4v) is 5.39. The SMILES string of the molecule is CC1(C)[C@@H]2C[C@H](Sc3ccccc3)[C@@](C)(S)C[C@@H]21. The average molecular weight is 278 g/mol. The highest BCUT2D eigenvalue weighted by Crippen LogP contribution is 2.68. The number of hydrogen-bond acceptors (Lipinski definition) is 2. The summed E-state index contributed by atoms with van der Waals surface area (Å²) in [5.74, 6) is 1.84. The third kappa shape index (κ3) is 2.12. The van der Waals surface area contributed by atoms with Crippen LogP contribution in [-0.2, 0) is 0 Å². The maximum absolute atomic E-state index is 4.99. The van der Waals surface area contributed by atoms with Crippen LogP contribution < -0.4 is 0 Å². The third-order valence-electron chi connectivity index (χ3n) is 5.10. The van der Waals surface area contributed by atoms with Crippen molar-refractivity contribution in [2.75, 3.05) is 0 Å². The summed E-state index contributed by atoms with van der Waals surface area (Å²) in [6.07, 6.45) is 2.61. The molecule has 0 bridgehead atoms. The molecule has 0 radical (unpaired) electrons. The molecule has 0 amide bonds. The highest BCUT2D eigenvalue weighted by atomic mass is 32.2. The zero-order chi connectivity index (χ0) is 13.0. The van der Waals surface area contributed by atoms with Crippen molar-refractivity contribution in [2.24, 2.45) is 17.3 Å². The van der Waals surface area contributed by atoms with Gasteiger partial charge in [0, 0.05) is 14.9 Å². The van der Waals surface area contributed by atoms with Gasteiger partial charge in [-0.3, -0.25) is 0 Å². The van der Waals surface area contributed by atoms with Crippen LogP contribution in [0.5, 0.6) is 0 Å². The maximum Gasteiger partial charge on any atom is 0.0239 e. The van der Waals surface area contributed by atoms with Crippen molar-refractivity contribution in [3.05, 3.63) is 30.3 Å². The minimum absolute atomic E-state index is 0.176. The molecule has 0 aliphatic heterocycles. The van der Waals surface area contributed by atoms with Gasteiger partial charge < -0.3 is 0 Å². The van der Waals surface area contributed by atoms with Crippen molar-refractivity contribution in [1.82, 2.24) is 0 Å². The van der Waals surface area contributed by atoms with E-state index in [0.717, 1.165) is 11.8 Å². The number of thiol groups is 1. The van der Waals surface area contributed by atoms with Gasteiger partial charge in [-0.05, 0) is 49.1 Å². The summed E-state index contributed by atoms with van der Waals surface area (Å²) in [5, 5.41) is 0.645. The lowest BCUT2D eigenvalue weighted by Gasteiger charge is -2.36. The summed E-state index contributed by atoms with van der Waals surface area (Å²) in [6, 6.07) is 10.8. The molecular weight excluding hydrogens is 256 g/mol. The summed E-state index contributed by atoms with van der Waals surface area (Å²) < 4.78 is 0.176. The summed E-state index contributed by atoms with van der Waals surface area (Å²) in [4.78, 5) is 1.39. The first-order valence-corrected chi connectivity index (χ1v) is 8.18. The van der Waals surface area contributed by atoms with Crippen LogP contribution >= 0.6 is 24.4 Å². The molecule has 3 rings (SSSR count). The highest BCUT2D eigenvalue weighted by Gasteiger charge is 2.63. The Morgan fingerprint density at radius 3 is 2.44 bits per heavy atom. The molecule has 98 valence electrons. The Labute approximate surface area is 120 Å². The van der Waals surface area contributed by atoms with Gasteiger partial charge in [0.2, 0.25) is 0 Å². The predicted molar refractivity (Wildman–Crippen MR) is 83.5 cm³/mol. The minimum Gasteiger partial charge on any atom is -0.172 e. The molecule has 2 heteroatoms. The fourth-order valence-electron chi connectivity index (χ4n) is 3.63. The van der Waals surface area contributed by atoms with E-state index in [4.69, 9.17) is 12.6 Å². The number of hydrogen-bond donors (Lipinski definition) is 1. The molecule has 4 atom stereocenters. The second-order valence-corrected chi connectivity index (χ2v) is 9.05. The van der Waals surface area contributed by atoms with Crippen LogP contribution in [0.15, 0.2) is 35.2 Å². The van der Waals surface area contributed by atoms with Gasteiger partial charge in [-0.2, -0.15) is 12.6 Å². The first-order chi connectivity index (χ1) is 8.41. The summed E-state index contributed by atoms with van der Waals surface area (Å²) in [6.45, 7) is 7.20. The number of benzene rings is 1. The fraction of sp³-hybridized carbons (Fsp3) is 0.625. The number of thioether (sulfide) groups is 1. The van der Waals surface area contributed by atoms with Crippen molar-refractivity contribution in [1.29, 1.82) is 0 Å². The minimum atomic E-state index is 0.176. The third-order valence-corrected chi connectivity index (χ3v) is 7.31. The van der Waals surface area contributed by atoms with E-state index in [1.807, 2.05) is 11.8 Å². The maximum atomic E-state index is 4.99. The van der Waals surface area contributed by atoms with Crippen molar-refractivity contribution in [3.63, 3.8) is 0 Å². The monoisotopic (exact) mass is 278 g/mol. The summed E-state index contributed by atoms with van der Waals surface area (Å²) in [7, 11) is 0. The first-order valence-electron chi connectivity index (χ1n) is 6.85. The van der Waals surface area contributed by atoms with Gasteiger partial charge in [0.15, 0.2) is 0 Å². The van der Waals surface area contributed by atoms with Crippen LogP contribution in [0, 0.1) is 17.3 Å². The molecule has 2 aliphatic rings. The molecular formula is C16H22S2. The Bertz CT molecular complexity index is 436. The Hall–Kier alpha value is -0.0800. The zero-order valence-electron chi connectivity index (χ0n) is 11.4. The van der Waals surface area contributed by atoms with Crippen LogP contribution in [0.1, 0.15) is 33.6 Å². The van der Waals surface area contributed by atoms with Gasteiger partial charge in [-0.15, -0.1) is 11.8 Å². The highest BCUT2D eigenvalue weighted by molar-refractivity contribution is 8.00. The van der Waals surface area contributed by atoms with Gasteiger partial charge in [-0.1, -0.05) is 32.0 Å². The molecule has 0 unspecified atom stereocenters. The van der Waals surface area contributed by atoms with Crippen molar-refractivity contribution >= 4 is 24.4 Å². The number of fused-ring (bicyclic) bond motifs is 1. The standard InChI is InChI=1S/C16H22S2/c1-15(2)12-9-14(16(3,17)10-13(12)15)18-11-7-5-4-6-8-11/h4-8,12-14,17H,9-10H2,1-3H3/t12-,13+,14+,16+/m1/s1. The second-order valence-electron chi connectivity index (χ2n) is 6.75. The van der Waals surface area contributed by atoms with Crippen molar-refractivity contribution in [3.8, 4) is 0 Å². The Balaban J connectivity index is 1.76. The second kappa shape index (κ2) is 4.21. The zero-order valence-corrected chi connectivity index (χ0v) is 13.1. The van der Waals surface area contributed by atoms with Crippen LogP contribution in [0.4, 0.5) is 0 Å². The van der Waals surface area contributed by atoms with Crippen LogP contribution in [-0.4, -0.2) is 10.00 Å². The molecule has 0 spiro atoms. The average Bonchev–Trinajstić information content (AvgIpc) is 2.81. The van der Waals surface area contributed by atoms with Crippen LogP contribution in [0.2, 0.25) is 0 Å². The van der Waals surface area contributed by atoms with E-state index in [1.165, 1.54) is 17.7 Å². The summed E-state index contributed by atoms with van der Waals surface area (Å²) >= 11 is 7.01. The van der Waals surface area contributed by atoms with Crippen LogP contribution in [0.3, 0.4) is 0 Å². The molecule has 0 heterocycles. The van der Waals surface area contributed by atoms with E-state index in [9.17, 15) is 0 Å². The van der Waals surface area contributed by atoms with Crippen molar-refractivity contribution < 1.29 is 0 Å². The van der Waals surface area contributed by atoms with E-state index in [2.05, 4.69) is 51.1 Å². The van der Waals surface area contributed by atoms with Gasteiger partial charge in [-0.25, -0.2) is 0 Å². The van der Waals surface area contributed by atoms with E-state index >= 15 is 0 Å². The molecule has 2 saturated carbocycles. The molecule has 18 heavy (non-hydrogen) atoms. The van der Waals surface area contributed by atoms with Gasteiger partial charge >= 0.3 is 0 Å². The molecule has 1 aromatic rings. The Morgan fingerprint density at radius 2 is 1.78 bits per heavy atom. The lowest BCUT2D eigenvalue weighted by atomic mass is 9.89. The molecule has 1 aromatic carbocycles. The first kappa shape index (κ1) is 12.9. The van der Waals surface area contributed by atoms with E-state index < -0.39 is 0 Å². The molecule has 2 aliphatic carbocycles. The molecule has 0 N–H and O–H groups in total. The van der Waals surface area contributed by atoms with E-state index in [1.54, 1.807) is 0 Å². The molecule has 0 nitrogen and oxygen atoms in total. The van der Waals surface area contributed by atoms with Gasteiger partial charge in [0.05, 0.1) is 0 Å². The van der Waals surface area contributed by atoms with E-state index in [-0.39, 0.29) is 4.75 Å². The van der Waals surface area contributed by atoms with Gasteiger partial charge in [0.1, 0.15) is 0 Å². The molecule has 0 aromatic heterocycles. The normalized spacial score (nSPS) is 41.2. The topological polar surface area (TPSA) is 0 Å². The largest absolute Gasteiger partial charge is 0.172 e. The van der Waals surface area contributed by atoms with E-state index in [0.29, 0.717) is 10.7 Å². The predicted octanol–water partition coefficient (Wildman–Crippen LogP) is 4.90. The van der Waals surface area contributed by atoms with Crippen molar-refractivity contribution in [2.45, 2.75) is 48.5 Å². The van der Waals surface area contributed by atoms with Gasteiger partial charge in [0.25, 0.3) is 0 Å². The molecule has 0 saturated heterocycles. The quantitative estimate of drug-likeness (QED) is 0.751. The lowest BCUT2D eigenvalue weighted by Crippen LogP contribution is -2.35. The summed E-state index contributed by atoms with van der Waals surface area (Å²) in [5.41, 5.74) is 0.565. The Kier molecular flexibility index (Phi) is 3.02. The smallest absolute Gasteiger partial charge is 0.0239 e. The molecule has 2 fully saturated rings. The Morgan fingerprint density at radius 1 is 1.11 bits per heavy atom.